The Balaban J connectivity index is 1.92. The fourth-order valence-corrected chi connectivity index (χ4v) is 2.60. The highest BCUT2D eigenvalue weighted by molar-refractivity contribution is 7.80. The Labute approximate surface area is 162 Å². The summed E-state index contributed by atoms with van der Waals surface area (Å²) in [5.41, 5.74) is 1.42. The number of amides is 1. The minimum absolute atomic E-state index is 0.123. The van der Waals surface area contributed by atoms with E-state index in [0.717, 1.165) is 5.56 Å². The molecule has 2 aromatic carbocycles. The Morgan fingerprint density at radius 3 is 2.50 bits per heavy atom. The van der Waals surface area contributed by atoms with Gasteiger partial charge in [0.2, 0.25) is 0 Å². The molecular weight excluding hydrogens is 376 g/mol. The zero-order valence-electron chi connectivity index (χ0n) is 14.6. The number of hydrogen-bond donors (Lipinski definition) is 2. The van der Waals surface area contributed by atoms with E-state index in [4.69, 9.17) is 38.0 Å². The third-order valence-corrected chi connectivity index (χ3v) is 3.84. The summed E-state index contributed by atoms with van der Waals surface area (Å²) in [5.74, 6) is 1.39. The second kappa shape index (κ2) is 9.26. The van der Waals surface area contributed by atoms with Gasteiger partial charge in [-0.3, -0.25) is 10.1 Å². The molecule has 0 spiro atoms. The summed E-state index contributed by atoms with van der Waals surface area (Å²) >= 11 is 11.1. The molecule has 0 radical (unpaired) electrons. The molecule has 2 aromatic rings. The molecule has 1 amide bonds. The molecule has 0 aromatic heterocycles. The van der Waals surface area contributed by atoms with E-state index < -0.39 is 5.91 Å². The molecule has 0 saturated carbocycles. The van der Waals surface area contributed by atoms with E-state index in [1.165, 1.54) is 7.11 Å². The second-order valence-electron chi connectivity index (χ2n) is 5.27. The Morgan fingerprint density at radius 2 is 1.85 bits per heavy atom. The first-order chi connectivity index (χ1) is 12.4. The zero-order valence-corrected chi connectivity index (χ0v) is 16.2. The first-order valence-corrected chi connectivity index (χ1v) is 8.43. The number of hydrogen-bond acceptors (Lipinski definition) is 5. The number of halogens is 1. The molecule has 2 rings (SSSR count). The van der Waals surface area contributed by atoms with Crippen LogP contribution in [0.3, 0.4) is 0 Å². The van der Waals surface area contributed by atoms with Gasteiger partial charge in [0.1, 0.15) is 17.2 Å². The molecule has 0 atom stereocenters. The van der Waals surface area contributed by atoms with E-state index in [0.29, 0.717) is 28.0 Å². The van der Waals surface area contributed by atoms with Crippen molar-refractivity contribution in [2.75, 3.05) is 26.1 Å². The lowest BCUT2D eigenvalue weighted by Crippen LogP contribution is -2.37. The summed E-state index contributed by atoms with van der Waals surface area (Å²) in [6.45, 7) is 1.67. The summed E-state index contributed by atoms with van der Waals surface area (Å²) in [6.07, 6.45) is 0. The summed E-state index contributed by atoms with van der Waals surface area (Å²) in [4.78, 5) is 12.0. The third kappa shape index (κ3) is 5.50. The van der Waals surface area contributed by atoms with E-state index in [1.54, 1.807) is 43.5 Å². The van der Waals surface area contributed by atoms with Crippen LogP contribution in [0.5, 0.6) is 17.2 Å². The maximum Gasteiger partial charge on any atom is 0.264 e. The molecule has 0 saturated heterocycles. The SMILES string of the molecule is COc1ccc(OC)c(NC(=S)NC(=O)COc2ccc(Cl)cc2C)c1. The second-order valence-corrected chi connectivity index (χ2v) is 6.11. The van der Waals surface area contributed by atoms with Gasteiger partial charge in [-0.15, -0.1) is 0 Å². The van der Waals surface area contributed by atoms with Crippen molar-refractivity contribution < 1.29 is 19.0 Å². The van der Waals surface area contributed by atoms with Gasteiger partial charge in [-0.1, -0.05) is 11.6 Å². The van der Waals surface area contributed by atoms with Crippen LogP contribution in [-0.4, -0.2) is 31.8 Å². The standard InChI is InChI=1S/C18H19ClN2O4S/c1-11-8-12(19)4-6-15(11)25-10-17(22)21-18(26)20-14-9-13(23-2)5-7-16(14)24-3/h4-9H,10H2,1-3H3,(H2,20,21,22,26). The van der Waals surface area contributed by atoms with Crippen molar-refractivity contribution in [1.29, 1.82) is 0 Å². The summed E-state index contributed by atoms with van der Waals surface area (Å²) in [7, 11) is 3.10. The molecule has 0 aliphatic carbocycles. The molecule has 26 heavy (non-hydrogen) atoms. The van der Waals surface area contributed by atoms with Crippen LogP contribution in [0.15, 0.2) is 36.4 Å². The van der Waals surface area contributed by atoms with Crippen LogP contribution in [0.4, 0.5) is 5.69 Å². The van der Waals surface area contributed by atoms with Crippen molar-refractivity contribution >= 4 is 40.5 Å². The number of ether oxygens (including phenoxy) is 3. The van der Waals surface area contributed by atoms with E-state index in [1.807, 2.05) is 6.92 Å². The number of thiocarbonyl (C=S) groups is 1. The Hall–Kier alpha value is -2.51. The van der Waals surface area contributed by atoms with Crippen molar-refractivity contribution in [2.45, 2.75) is 6.92 Å². The van der Waals surface area contributed by atoms with Gasteiger partial charge in [0.05, 0.1) is 19.9 Å². The molecule has 0 heterocycles. The Bertz CT molecular complexity index is 814. The Morgan fingerprint density at radius 1 is 1.12 bits per heavy atom. The van der Waals surface area contributed by atoms with Crippen molar-refractivity contribution in [1.82, 2.24) is 5.32 Å². The third-order valence-electron chi connectivity index (χ3n) is 3.40. The van der Waals surface area contributed by atoms with E-state index in [9.17, 15) is 4.79 Å². The largest absolute Gasteiger partial charge is 0.497 e. The van der Waals surface area contributed by atoms with Crippen LogP contribution >= 0.6 is 23.8 Å². The maximum atomic E-state index is 12.0. The summed E-state index contributed by atoms with van der Waals surface area (Å²) in [6, 6.07) is 10.4. The van der Waals surface area contributed by atoms with Crippen molar-refractivity contribution in [3.05, 3.63) is 47.0 Å². The van der Waals surface area contributed by atoms with E-state index in [-0.39, 0.29) is 11.7 Å². The van der Waals surface area contributed by atoms with Crippen LogP contribution in [0, 0.1) is 6.92 Å². The summed E-state index contributed by atoms with van der Waals surface area (Å²) in [5, 5.41) is 6.19. The quantitative estimate of drug-likeness (QED) is 0.730. The van der Waals surface area contributed by atoms with Crippen molar-refractivity contribution in [3.8, 4) is 17.2 Å². The molecule has 0 unspecified atom stereocenters. The number of rotatable bonds is 6. The molecular formula is C18H19ClN2O4S. The number of anilines is 1. The fraction of sp³-hybridized carbons (Fsp3) is 0.222. The molecule has 8 heteroatoms. The first-order valence-electron chi connectivity index (χ1n) is 7.64. The van der Waals surface area contributed by atoms with Gasteiger partial charge in [-0.2, -0.15) is 0 Å². The minimum Gasteiger partial charge on any atom is -0.497 e. The lowest BCUT2D eigenvalue weighted by Gasteiger charge is -2.14. The smallest absolute Gasteiger partial charge is 0.264 e. The molecule has 138 valence electrons. The molecule has 0 bridgehead atoms. The number of aryl methyl sites for hydroxylation is 1. The highest BCUT2D eigenvalue weighted by Gasteiger charge is 2.10. The molecule has 0 fully saturated rings. The van der Waals surface area contributed by atoms with Crippen LogP contribution in [-0.2, 0) is 4.79 Å². The van der Waals surface area contributed by atoms with Gasteiger partial charge < -0.3 is 19.5 Å². The number of carbonyl (C=O) groups is 1. The van der Waals surface area contributed by atoms with Gasteiger partial charge in [-0.05, 0) is 55.0 Å². The average molecular weight is 395 g/mol. The van der Waals surface area contributed by atoms with Crippen molar-refractivity contribution in [2.24, 2.45) is 0 Å². The molecule has 2 N–H and O–H groups in total. The normalized spacial score (nSPS) is 10.0. The van der Waals surface area contributed by atoms with Crippen LogP contribution < -0.4 is 24.8 Å². The molecule has 6 nitrogen and oxygen atoms in total. The number of benzene rings is 2. The van der Waals surface area contributed by atoms with Gasteiger partial charge in [0.15, 0.2) is 11.7 Å². The highest BCUT2D eigenvalue weighted by atomic mass is 35.5. The lowest BCUT2D eigenvalue weighted by molar-refractivity contribution is -0.121. The van der Waals surface area contributed by atoms with Gasteiger partial charge in [-0.25, -0.2) is 0 Å². The van der Waals surface area contributed by atoms with Gasteiger partial charge in [0.25, 0.3) is 5.91 Å². The first kappa shape index (κ1) is 19.8. The predicted octanol–water partition coefficient (Wildman–Crippen LogP) is 3.56. The van der Waals surface area contributed by atoms with Gasteiger partial charge in [0, 0.05) is 11.1 Å². The van der Waals surface area contributed by atoms with Crippen LogP contribution in [0.25, 0.3) is 0 Å². The van der Waals surface area contributed by atoms with E-state index >= 15 is 0 Å². The van der Waals surface area contributed by atoms with Crippen LogP contribution in [0.2, 0.25) is 5.02 Å². The highest BCUT2D eigenvalue weighted by Crippen LogP contribution is 2.28. The van der Waals surface area contributed by atoms with E-state index in [2.05, 4.69) is 10.6 Å². The zero-order chi connectivity index (χ0) is 19.1. The lowest BCUT2D eigenvalue weighted by atomic mass is 10.2. The predicted molar refractivity (Wildman–Crippen MR) is 106 cm³/mol. The van der Waals surface area contributed by atoms with Crippen LogP contribution in [0.1, 0.15) is 5.56 Å². The molecule has 0 aliphatic rings. The minimum atomic E-state index is -0.390. The van der Waals surface area contributed by atoms with Gasteiger partial charge >= 0.3 is 0 Å². The monoisotopic (exact) mass is 394 g/mol. The van der Waals surface area contributed by atoms with Crippen molar-refractivity contribution in [3.63, 3.8) is 0 Å². The maximum absolute atomic E-state index is 12.0. The Kier molecular flexibility index (Phi) is 7.06. The summed E-state index contributed by atoms with van der Waals surface area (Å²) < 4.78 is 15.9. The number of nitrogens with one attached hydrogen (secondary N) is 2. The number of methoxy groups -OCH3 is 2. The topological polar surface area (TPSA) is 68.8 Å². The number of carbonyl (C=O) groups excluding carboxylic acids is 1. The average Bonchev–Trinajstić information content (AvgIpc) is 2.60. The fourth-order valence-electron chi connectivity index (χ4n) is 2.15. The molecule has 0 aliphatic heterocycles.